The standard InChI is InChI=1S/C18H22FNO/c1-20(2)17(14-8-10-16(19)11-9-14)12-13-18(21)15-6-4-3-5-7-15/h3-11,17-18,21H,12-13H2,1-2H3. The van der Waals surface area contributed by atoms with Crippen LogP contribution in [0, 0.1) is 5.82 Å². The summed E-state index contributed by atoms with van der Waals surface area (Å²) in [7, 11) is 4.01. The first-order chi connectivity index (χ1) is 10.1. The minimum atomic E-state index is -0.464. The van der Waals surface area contributed by atoms with Crippen molar-refractivity contribution in [1.82, 2.24) is 4.90 Å². The van der Waals surface area contributed by atoms with Crippen molar-refractivity contribution < 1.29 is 9.50 Å². The quantitative estimate of drug-likeness (QED) is 0.870. The normalized spacial score (nSPS) is 14.1. The van der Waals surface area contributed by atoms with Crippen LogP contribution in [0.15, 0.2) is 54.6 Å². The third-order valence-corrected chi connectivity index (χ3v) is 3.78. The largest absolute Gasteiger partial charge is 0.388 e. The highest BCUT2D eigenvalue weighted by molar-refractivity contribution is 5.21. The van der Waals surface area contributed by atoms with Gasteiger partial charge in [0, 0.05) is 6.04 Å². The van der Waals surface area contributed by atoms with Crippen LogP contribution in [0.5, 0.6) is 0 Å². The Kier molecular flexibility index (Phi) is 5.48. The van der Waals surface area contributed by atoms with Crippen LogP contribution >= 0.6 is 0 Å². The Hall–Kier alpha value is -1.71. The van der Waals surface area contributed by atoms with Crippen molar-refractivity contribution in [2.75, 3.05) is 14.1 Å². The molecule has 0 saturated carbocycles. The molecule has 2 rings (SSSR count). The molecule has 2 aromatic rings. The molecule has 3 heteroatoms. The van der Waals surface area contributed by atoms with Gasteiger partial charge in [-0.3, -0.25) is 0 Å². The average molecular weight is 287 g/mol. The fraction of sp³-hybridized carbons (Fsp3) is 0.333. The van der Waals surface area contributed by atoms with Gasteiger partial charge in [-0.05, 0) is 50.2 Å². The van der Waals surface area contributed by atoms with Gasteiger partial charge >= 0.3 is 0 Å². The minimum absolute atomic E-state index is 0.170. The van der Waals surface area contributed by atoms with Gasteiger partial charge in [-0.1, -0.05) is 42.5 Å². The number of rotatable bonds is 6. The third-order valence-electron chi connectivity index (χ3n) is 3.78. The van der Waals surface area contributed by atoms with Crippen LogP contribution in [0.1, 0.15) is 36.1 Å². The molecule has 0 fully saturated rings. The molecule has 2 atom stereocenters. The zero-order chi connectivity index (χ0) is 15.2. The van der Waals surface area contributed by atoms with Crippen LogP contribution in [0.4, 0.5) is 4.39 Å². The van der Waals surface area contributed by atoms with Crippen molar-refractivity contribution in [3.63, 3.8) is 0 Å². The molecule has 0 radical (unpaired) electrons. The highest BCUT2D eigenvalue weighted by Crippen LogP contribution is 2.28. The Morgan fingerprint density at radius 3 is 2.10 bits per heavy atom. The molecule has 0 aliphatic rings. The summed E-state index contributed by atoms with van der Waals surface area (Å²) in [5.41, 5.74) is 2.01. The number of aliphatic hydroxyl groups excluding tert-OH is 1. The first kappa shape index (κ1) is 15.7. The van der Waals surface area contributed by atoms with Crippen molar-refractivity contribution in [2.45, 2.75) is 25.0 Å². The van der Waals surface area contributed by atoms with Gasteiger partial charge in [0.1, 0.15) is 5.82 Å². The van der Waals surface area contributed by atoms with Gasteiger partial charge in [-0.2, -0.15) is 0 Å². The predicted molar refractivity (Wildman–Crippen MR) is 83.5 cm³/mol. The molecule has 2 aromatic carbocycles. The maximum absolute atomic E-state index is 13.0. The van der Waals surface area contributed by atoms with E-state index in [1.807, 2.05) is 56.6 Å². The minimum Gasteiger partial charge on any atom is -0.388 e. The topological polar surface area (TPSA) is 23.5 Å². The highest BCUT2D eigenvalue weighted by Gasteiger charge is 2.17. The average Bonchev–Trinajstić information content (AvgIpc) is 2.49. The Morgan fingerprint density at radius 1 is 0.905 bits per heavy atom. The molecule has 0 aromatic heterocycles. The van der Waals surface area contributed by atoms with Crippen LogP contribution in [0.25, 0.3) is 0 Å². The second-order valence-electron chi connectivity index (χ2n) is 5.53. The lowest BCUT2D eigenvalue weighted by Crippen LogP contribution is -2.20. The van der Waals surface area contributed by atoms with E-state index in [0.29, 0.717) is 6.42 Å². The van der Waals surface area contributed by atoms with Crippen LogP contribution in [0.3, 0.4) is 0 Å². The fourth-order valence-corrected chi connectivity index (χ4v) is 2.57. The molecule has 0 bridgehead atoms. The first-order valence-electron chi connectivity index (χ1n) is 7.23. The zero-order valence-electron chi connectivity index (χ0n) is 12.5. The van der Waals surface area contributed by atoms with Gasteiger partial charge < -0.3 is 10.0 Å². The number of nitrogens with zero attached hydrogens (tertiary/aromatic N) is 1. The van der Waals surface area contributed by atoms with Crippen LogP contribution < -0.4 is 0 Å². The Labute approximate surface area is 125 Å². The molecular weight excluding hydrogens is 265 g/mol. The van der Waals surface area contributed by atoms with Gasteiger partial charge in [0.25, 0.3) is 0 Å². The molecule has 0 aliphatic heterocycles. The van der Waals surface area contributed by atoms with E-state index in [1.165, 1.54) is 12.1 Å². The summed E-state index contributed by atoms with van der Waals surface area (Å²) in [6.45, 7) is 0. The zero-order valence-corrected chi connectivity index (χ0v) is 12.5. The molecule has 0 spiro atoms. The van der Waals surface area contributed by atoms with Gasteiger partial charge in [0.15, 0.2) is 0 Å². The lowest BCUT2D eigenvalue weighted by molar-refractivity contribution is 0.147. The van der Waals surface area contributed by atoms with Gasteiger partial charge in [0.2, 0.25) is 0 Å². The Bertz CT molecular complexity index is 539. The number of hydrogen-bond donors (Lipinski definition) is 1. The maximum atomic E-state index is 13.0. The van der Waals surface area contributed by atoms with E-state index in [1.54, 1.807) is 0 Å². The summed E-state index contributed by atoms with van der Waals surface area (Å²) >= 11 is 0. The summed E-state index contributed by atoms with van der Waals surface area (Å²) in [4.78, 5) is 2.10. The van der Waals surface area contributed by atoms with E-state index < -0.39 is 6.10 Å². The Balaban J connectivity index is 2.02. The van der Waals surface area contributed by atoms with Crippen molar-refractivity contribution in [3.05, 3.63) is 71.5 Å². The van der Waals surface area contributed by atoms with Gasteiger partial charge in [0.05, 0.1) is 6.10 Å². The van der Waals surface area contributed by atoms with Crippen molar-refractivity contribution in [3.8, 4) is 0 Å². The molecule has 2 unspecified atom stereocenters. The fourth-order valence-electron chi connectivity index (χ4n) is 2.57. The SMILES string of the molecule is CN(C)C(CCC(O)c1ccccc1)c1ccc(F)cc1. The summed E-state index contributed by atoms with van der Waals surface area (Å²) < 4.78 is 13.0. The Morgan fingerprint density at radius 2 is 1.52 bits per heavy atom. The molecule has 0 aliphatic carbocycles. The molecule has 0 heterocycles. The molecule has 0 saturated heterocycles. The van der Waals surface area contributed by atoms with E-state index in [-0.39, 0.29) is 11.9 Å². The lowest BCUT2D eigenvalue weighted by atomic mass is 9.96. The van der Waals surface area contributed by atoms with Crippen LogP contribution in [-0.2, 0) is 0 Å². The smallest absolute Gasteiger partial charge is 0.123 e. The molecular formula is C18H22FNO. The van der Waals surface area contributed by atoms with Crippen LogP contribution in [-0.4, -0.2) is 24.1 Å². The third kappa shape index (κ3) is 4.38. The molecule has 0 amide bonds. The van der Waals surface area contributed by atoms with Gasteiger partial charge in [-0.15, -0.1) is 0 Å². The first-order valence-corrected chi connectivity index (χ1v) is 7.23. The van der Waals surface area contributed by atoms with Crippen molar-refractivity contribution >= 4 is 0 Å². The number of aliphatic hydroxyl groups is 1. The summed E-state index contributed by atoms with van der Waals surface area (Å²) in [6, 6.07) is 16.5. The second-order valence-corrected chi connectivity index (χ2v) is 5.53. The lowest BCUT2D eigenvalue weighted by Gasteiger charge is -2.26. The number of hydrogen-bond acceptors (Lipinski definition) is 2. The van der Waals surface area contributed by atoms with Crippen LogP contribution in [0.2, 0.25) is 0 Å². The monoisotopic (exact) mass is 287 g/mol. The maximum Gasteiger partial charge on any atom is 0.123 e. The van der Waals surface area contributed by atoms with Crippen molar-refractivity contribution in [1.29, 1.82) is 0 Å². The number of halogens is 1. The van der Waals surface area contributed by atoms with E-state index in [2.05, 4.69) is 4.90 Å². The predicted octanol–water partition coefficient (Wildman–Crippen LogP) is 3.94. The molecule has 2 nitrogen and oxygen atoms in total. The highest BCUT2D eigenvalue weighted by atomic mass is 19.1. The van der Waals surface area contributed by atoms with Gasteiger partial charge in [-0.25, -0.2) is 4.39 Å². The second kappa shape index (κ2) is 7.34. The van der Waals surface area contributed by atoms with E-state index >= 15 is 0 Å². The summed E-state index contributed by atoms with van der Waals surface area (Å²) in [5.74, 6) is -0.222. The van der Waals surface area contributed by atoms with Crippen molar-refractivity contribution in [2.24, 2.45) is 0 Å². The molecule has 112 valence electrons. The summed E-state index contributed by atoms with van der Waals surface area (Å²) in [6.07, 6.45) is 1.02. The van der Waals surface area contributed by atoms with E-state index in [0.717, 1.165) is 17.5 Å². The summed E-state index contributed by atoms with van der Waals surface area (Å²) in [5, 5.41) is 10.3. The number of benzene rings is 2. The van der Waals surface area contributed by atoms with E-state index in [9.17, 15) is 9.50 Å². The molecule has 1 N–H and O–H groups in total. The van der Waals surface area contributed by atoms with E-state index in [4.69, 9.17) is 0 Å². The molecule has 21 heavy (non-hydrogen) atoms.